The maximum Gasteiger partial charge on any atom is 0.234 e. The second-order valence-corrected chi connectivity index (χ2v) is 10.2. The van der Waals surface area contributed by atoms with Crippen molar-refractivity contribution in [3.63, 3.8) is 0 Å². The lowest BCUT2D eigenvalue weighted by Gasteiger charge is -2.12. The molecule has 0 bridgehead atoms. The Bertz CT molecular complexity index is 1350. The molecule has 2 aromatic heterocycles. The molecular formula is C25H17FIN3OS2. The first kappa shape index (κ1) is 23.4. The number of aryl methyl sites for hydroxylation is 1. The van der Waals surface area contributed by atoms with Gasteiger partial charge in [-0.3, -0.25) is 4.79 Å². The number of amides is 1. The average Bonchev–Trinajstić information content (AvgIpc) is 3.34. The summed E-state index contributed by atoms with van der Waals surface area (Å²) in [6.45, 7) is 2.00. The van der Waals surface area contributed by atoms with E-state index in [1.807, 2.05) is 48.7 Å². The number of hydrogen-bond acceptors (Lipinski definition) is 5. The van der Waals surface area contributed by atoms with Gasteiger partial charge in [-0.25, -0.2) is 9.37 Å². The maximum atomic E-state index is 13.5. The summed E-state index contributed by atoms with van der Waals surface area (Å²) in [5.41, 5.74) is 4.32. The van der Waals surface area contributed by atoms with Crippen LogP contribution in [0.1, 0.15) is 11.1 Å². The average molecular weight is 585 g/mol. The van der Waals surface area contributed by atoms with E-state index in [9.17, 15) is 14.4 Å². The van der Waals surface area contributed by atoms with Crippen molar-refractivity contribution in [1.82, 2.24) is 4.98 Å². The number of nitrogens with one attached hydrogen (secondary N) is 1. The number of thiophene rings is 1. The Morgan fingerprint density at radius 3 is 2.67 bits per heavy atom. The normalized spacial score (nSPS) is 10.6. The minimum atomic E-state index is -0.346. The van der Waals surface area contributed by atoms with Crippen LogP contribution < -0.4 is 5.32 Å². The van der Waals surface area contributed by atoms with Crippen molar-refractivity contribution < 1.29 is 9.18 Å². The Hall–Kier alpha value is -2.74. The lowest BCUT2D eigenvalue weighted by Crippen LogP contribution is -2.15. The zero-order valence-corrected chi connectivity index (χ0v) is 21.2. The molecular weight excluding hydrogens is 568 g/mol. The molecule has 164 valence electrons. The fourth-order valence-corrected chi connectivity index (χ4v) is 5.48. The van der Waals surface area contributed by atoms with Crippen molar-refractivity contribution in [2.45, 2.75) is 11.9 Å². The van der Waals surface area contributed by atoms with Gasteiger partial charge >= 0.3 is 0 Å². The summed E-state index contributed by atoms with van der Waals surface area (Å²) in [6, 6.07) is 19.8. The molecule has 0 aliphatic carbocycles. The first-order valence-corrected chi connectivity index (χ1v) is 12.8. The second-order valence-electron chi connectivity index (χ2n) is 7.15. The molecule has 0 saturated heterocycles. The van der Waals surface area contributed by atoms with E-state index in [1.54, 1.807) is 12.1 Å². The molecule has 8 heteroatoms. The van der Waals surface area contributed by atoms with Crippen LogP contribution in [-0.4, -0.2) is 16.6 Å². The number of carbonyl (C=O) groups excluding carboxylic acids is 1. The van der Waals surface area contributed by atoms with Crippen molar-refractivity contribution in [2.24, 2.45) is 0 Å². The molecule has 33 heavy (non-hydrogen) atoms. The van der Waals surface area contributed by atoms with Gasteiger partial charge in [0.25, 0.3) is 0 Å². The SMILES string of the molecule is Cc1ccc(NC(=O)CSc2nc(-c3cccs3)cc(-c3ccc(F)cc3)c2C#N)c(I)c1. The van der Waals surface area contributed by atoms with Crippen molar-refractivity contribution in [3.05, 3.63) is 86.6 Å². The topological polar surface area (TPSA) is 65.8 Å². The van der Waals surface area contributed by atoms with E-state index < -0.39 is 0 Å². The van der Waals surface area contributed by atoms with Gasteiger partial charge in [-0.05, 0) is 82.4 Å². The van der Waals surface area contributed by atoms with Crippen LogP contribution in [0.3, 0.4) is 0 Å². The number of rotatable bonds is 6. The van der Waals surface area contributed by atoms with Crippen LogP contribution in [0.25, 0.3) is 21.7 Å². The van der Waals surface area contributed by atoms with Gasteiger partial charge in [-0.2, -0.15) is 5.26 Å². The van der Waals surface area contributed by atoms with Gasteiger partial charge in [0, 0.05) is 9.13 Å². The van der Waals surface area contributed by atoms with Crippen molar-refractivity contribution in [2.75, 3.05) is 11.1 Å². The van der Waals surface area contributed by atoms with Gasteiger partial charge in [-0.1, -0.05) is 36.0 Å². The fraction of sp³-hybridized carbons (Fsp3) is 0.0800. The van der Waals surface area contributed by atoms with Crippen LogP contribution in [0.4, 0.5) is 10.1 Å². The molecule has 1 amide bonds. The molecule has 4 rings (SSSR count). The highest BCUT2D eigenvalue weighted by Gasteiger charge is 2.18. The molecule has 4 nitrogen and oxygen atoms in total. The quantitative estimate of drug-likeness (QED) is 0.193. The predicted molar refractivity (Wildman–Crippen MR) is 141 cm³/mol. The highest BCUT2D eigenvalue weighted by Crippen LogP contribution is 2.35. The number of hydrogen-bond donors (Lipinski definition) is 1. The number of nitriles is 1. The largest absolute Gasteiger partial charge is 0.324 e. The Morgan fingerprint density at radius 1 is 1.21 bits per heavy atom. The van der Waals surface area contributed by atoms with E-state index in [1.165, 1.54) is 35.2 Å². The summed E-state index contributed by atoms with van der Waals surface area (Å²) in [6.07, 6.45) is 0. The van der Waals surface area contributed by atoms with Crippen molar-refractivity contribution >= 4 is 57.3 Å². The summed E-state index contributed by atoms with van der Waals surface area (Å²) in [5, 5.41) is 15.3. The number of nitrogens with zero attached hydrogens (tertiary/aromatic N) is 2. The Kier molecular flexibility index (Phi) is 7.42. The van der Waals surface area contributed by atoms with Crippen molar-refractivity contribution in [3.8, 4) is 27.8 Å². The van der Waals surface area contributed by atoms with E-state index in [2.05, 4.69) is 34.0 Å². The van der Waals surface area contributed by atoms with Gasteiger partial charge in [0.1, 0.15) is 16.9 Å². The number of carbonyl (C=O) groups is 1. The van der Waals surface area contributed by atoms with E-state index in [0.29, 0.717) is 27.4 Å². The molecule has 2 heterocycles. The Balaban J connectivity index is 1.65. The Morgan fingerprint density at radius 2 is 2.00 bits per heavy atom. The highest BCUT2D eigenvalue weighted by molar-refractivity contribution is 14.1. The standard InChI is InChI=1S/C25H17FIN3OS2/c1-15-4-9-21(20(27)11-15)29-24(31)14-33-25-19(13-28)18(16-5-7-17(26)8-6-16)12-22(30-25)23-3-2-10-32-23/h2-12H,14H2,1H3,(H,29,31). The number of aromatic nitrogens is 1. The smallest absolute Gasteiger partial charge is 0.234 e. The molecule has 0 radical (unpaired) electrons. The summed E-state index contributed by atoms with van der Waals surface area (Å²) < 4.78 is 14.4. The molecule has 4 aromatic rings. The Labute approximate surface area is 213 Å². The zero-order valence-electron chi connectivity index (χ0n) is 17.4. The van der Waals surface area contributed by atoms with Crippen LogP contribution in [0.5, 0.6) is 0 Å². The summed E-state index contributed by atoms with van der Waals surface area (Å²) in [7, 11) is 0. The second kappa shape index (κ2) is 10.5. The van der Waals surface area contributed by atoms with Crippen LogP contribution in [0.2, 0.25) is 0 Å². The minimum Gasteiger partial charge on any atom is -0.324 e. The molecule has 0 unspecified atom stereocenters. The third-order valence-electron chi connectivity index (χ3n) is 4.77. The molecule has 0 fully saturated rings. The van der Waals surface area contributed by atoms with Crippen molar-refractivity contribution in [1.29, 1.82) is 5.26 Å². The first-order valence-electron chi connectivity index (χ1n) is 9.88. The number of halogens is 2. The van der Waals surface area contributed by atoms with Crippen LogP contribution in [0.15, 0.2) is 71.1 Å². The first-order chi connectivity index (χ1) is 15.9. The van der Waals surface area contributed by atoms with Gasteiger partial charge in [0.2, 0.25) is 5.91 Å². The number of pyridine rings is 1. The maximum absolute atomic E-state index is 13.5. The van der Waals surface area contributed by atoms with E-state index in [-0.39, 0.29) is 17.5 Å². The third-order valence-corrected chi connectivity index (χ3v) is 7.53. The van der Waals surface area contributed by atoms with Gasteiger partial charge in [0.05, 0.1) is 27.6 Å². The predicted octanol–water partition coefficient (Wildman–Crippen LogP) is 7.13. The lowest BCUT2D eigenvalue weighted by molar-refractivity contribution is -0.113. The zero-order chi connectivity index (χ0) is 23.4. The summed E-state index contributed by atoms with van der Waals surface area (Å²) >= 11 is 4.94. The van der Waals surface area contributed by atoms with Crippen LogP contribution in [-0.2, 0) is 4.79 Å². The third kappa shape index (κ3) is 5.61. The molecule has 0 aliphatic rings. The fourth-order valence-electron chi connectivity index (χ4n) is 3.18. The molecule has 0 aliphatic heterocycles. The highest BCUT2D eigenvalue weighted by atomic mass is 127. The molecule has 0 atom stereocenters. The molecule has 2 aromatic carbocycles. The van der Waals surface area contributed by atoms with Crippen LogP contribution in [0, 0.1) is 27.6 Å². The number of benzene rings is 2. The van der Waals surface area contributed by atoms with E-state index in [0.717, 1.165) is 19.7 Å². The van der Waals surface area contributed by atoms with Gasteiger partial charge < -0.3 is 5.32 Å². The number of thioether (sulfide) groups is 1. The van der Waals surface area contributed by atoms with E-state index >= 15 is 0 Å². The minimum absolute atomic E-state index is 0.0996. The summed E-state index contributed by atoms with van der Waals surface area (Å²) in [4.78, 5) is 18.3. The summed E-state index contributed by atoms with van der Waals surface area (Å²) in [5.74, 6) is -0.429. The molecule has 0 spiro atoms. The van der Waals surface area contributed by atoms with Crippen LogP contribution >= 0.6 is 45.7 Å². The molecule has 0 saturated carbocycles. The lowest BCUT2D eigenvalue weighted by atomic mass is 10.0. The monoisotopic (exact) mass is 585 g/mol. The van der Waals surface area contributed by atoms with E-state index in [4.69, 9.17) is 4.98 Å². The van der Waals surface area contributed by atoms with Gasteiger partial charge in [0.15, 0.2) is 0 Å². The molecule has 1 N–H and O–H groups in total. The number of anilines is 1. The van der Waals surface area contributed by atoms with Gasteiger partial charge in [-0.15, -0.1) is 11.3 Å².